The molecule has 1 saturated heterocycles. The molecule has 0 saturated carbocycles. The maximum atomic E-state index is 14.1. The third-order valence-corrected chi connectivity index (χ3v) is 8.99. The van der Waals surface area contributed by atoms with Crippen molar-refractivity contribution < 1.29 is 35.5 Å². The lowest BCUT2D eigenvalue weighted by molar-refractivity contribution is -0.137. The van der Waals surface area contributed by atoms with Crippen molar-refractivity contribution in [3.8, 4) is 5.75 Å². The van der Waals surface area contributed by atoms with Gasteiger partial charge in [0.2, 0.25) is 0 Å². The van der Waals surface area contributed by atoms with E-state index in [1.165, 1.54) is 30.3 Å². The van der Waals surface area contributed by atoms with Gasteiger partial charge in [-0.2, -0.15) is 13.2 Å². The molecule has 1 heterocycles. The molecule has 1 fully saturated rings. The van der Waals surface area contributed by atoms with Gasteiger partial charge >= 0.3 is 6.18 Å². The Morgan fingerprint density at radius 2 is 1.66 bits per heavy atom. The van der Waals surface area contributed by atoms with E-state index >= 15 is 0 Å². The molecule has 0 radical (unpaired) electrons. The van der Waals surface area contributed by atoms with Gasteiger partial charge < -0.3 is 9.47 Å². The summed E-state index contributed by atoms with van der Waals surface area (Å²) in [5, 5.41) is 0.189. The first-order valence-electron chi connectivity index (χ1n) is 10.7. The lowest BCUT2D eigenvalue weighted by Gasteiger charge is -2.37. The van der Waals surface area contributed by atoms with E-state index in [9.17, 15) is 26.0 Å². The molecular weight excluding hydrogens is 508 g/mol. The number of hydrogen-bond donors (Lipinski definition) is 0. The van der Waals surface area contributed by atoms with Crippen molar-refractivity contribution in [3.05, 3.63) is 94.3 Å². The van der Waals surface area contributed by atoms with Crippen molar-refractivity contribution in [3.63, 3.8) is 0 Å². The van der Waals surface area contributed by atoms with Gasteiger partial charge in [0.05, 0.1) is 15.5 Å². The van der Waals surface area contributed by atoms with Gasteiger partial charge in [0.15, 0.2) is 9.84 Å². The number of ether oxygens (including phenoxy) is 2. The SMILES string of the molecule is O=S(=O)(c1cccc(C(F)(F)F)c1)C1(c2cccc(OCc3c(F)cccc3Cl)c2)CCOCC1. The van der Waals surface area contributed by atoms with E-state index in [1.54, 1.807) is 18.2 Å². The van der Waals surface area contributed by atoms with Gasteiger partial charge in [-0.15, -0.1) is 0 Å². The number of halogens is 5. The van der Waals surface area contributed by atoms with E-state index in [-0.39, 0.29) is 49.0 Å². The first-order chi connectivity index (χ1) is 16.5. The Labute approximate surface area is 205 Å². The van der Waals surface area contributed by atoms with Crippen LogP contribution in [0.3, 0.4) is 0 Å². The highest BCUT2D eigenvalue weighted by Crippen LogP contribution is 2.45. The number of alkyl halides is 3. The number of sulfone groups is 1. The molecule has 4 nitrogen and oxygen atoms in total. The van der Waals surface area contributed by atoms with Gasteiger partial charge in [0, 0.05) is 18.8 Å². The van der Waals surface area contributed by atoms with Gasteiger partial charge in [-0.3, -0.25) is 0 Å². The van der Waals surface area contributed by atoms with Crippen LogP contribution in [-0.4, -0.2) is 21.6 Å². The molecule has 35 heavy (non-hydrogen) atoms. The zero-order valence-electron chi connectivity index (χ0n) is 18.3. The Bertz CT molecular complexity index is 1300. The predicted octanol–water partition coefficient (Wildman–Crippen LogP) is 6.56. The van der Waals surface area contributed by atoms with Crippen molar-refractivity contribution in [2.45, 2.75) is 35.3 Å². The van der Waals surface area contributed by atoms with Crippen LogP contribution in [-0.2, 0) is 32.1 Å². The molecule has 0 aliphatic carbocycles. The van der Waals surface area contributed by atoms with Crippen LogP contribution in [0.1, 0.15) is 29.5 Å². The summed E-state index contributed by atoms with van der Waals surface area (Å²) in [6, 6.07) is 14.3. The Hall–Kier alpha value is -2.62. The molecule has 0 atom stereocenters. The van der Waals surface area contributed by atoms with Crippen molar-refractivity contribution in [2.24, 2.45) is 0 Å². The number of rotatable bonds is 6. The second-order valence-corrected chi connectivity index (χ2v) is 10.8. The van der Waals surface area contributed by atoms with E-state index in [0.717, 1.165) is 12.1 Å². The summed E-state index contributed by atoms with van der Waals surface area (Å²) in [4.78, 5) is -0.418. The molecule has 3 aromatic rings. The fraction of sp³-hybridized carbons (Fsp3) is 0.280. The average Bonchev–Trinajstić information content (AvgIpc) is 2.84. The first-order valence-corrected chi connectivity index (χ1v) is 12.6. The second kappa shape index (κ2) is 9.79. The zero-order chi connectivity index (χ0) is 25.3. The molecule has 0 bridgehead atoms. The maximum absolute atomic E-state index is 14.1. The summed E-state index contributed by atoms with van der Waals surface area (Å²) in [6.45, 7) is 0.0493. The van der Waals surface area contributed by atoms with E-state index in [2.05, 4.69) is 0 Å². The predicted molar refractivity (Wildman–Crippen MR) is 123 cm³/mol. The van der Waals surface area contributed by atoms with Gasteiger partial charge in [0.1, 0.15) is 22.9 Å². The van der Waals surface area contributed by atoms with Crippen molar-refractivity contribution >= 4 is 21.4 Å². The Morgan fingerprint density at radius 3 is 2.34 bits per heavy atom. The van der Waals surface area contributed by atoms with Crippen molar-refractivity contribution in [1.82, 2.24) is 0 Å². The molecule has 0 amide bonds. The quantitative estimate of drug-likeness (QED) is 0.340. The lowest BCUT2D eigenvalue weighted by atomic mass is 9.90. The average molecular weight is 529 g/mol. The molecule has 1 aliphatic rings. The van der Waals surface area contributed by atoms with Gasteiger partial charge in [0.25, 0.3) is 0 Å². The lowest BCUT2D eigenvalue weighted by Crippen LogP contribution is -2.41. The number of benzene rings is 3. The summed E-state index contributed by atoms with van der Waals surface area (Å²) >= 11 is 6.05. The molecule has 0 unspecified atom stereocenters. The monoisotopic (exact) mass is 528 g/mol. The van der Waals surface area contributed by atoms with Gasteiger partial charge in [-0.1, -0.05) is 35.9 Å². The van der Waals surface area contributed by atoms with Crippen molar-refractivity contribution in [2.75, 3.05) is 13.2 Å². The van der Waals surface area contributed by atoms with Crippen LogP contribution in [0.2, 0.25) is 5.02 Å². The van der Waals surface area contributed by atoms with Gasteiger partial charge in [-0.25, -0.2) is 12.8 Å². The highest BCUT2D eigenvalue weighted by atomic mass is 35.5. The van der Waals surface area contributed by atoms with Crippen LogP contribution in [0.4, 0.5) is 17.6 Å². The molecule has 10 heteroatoms. The number of hydrogen-bond acceptors (Lipinski definition) is 4. The summed E-state index contributed by atoms with van der Waals surface area (Å²) in [5.41, 5.74) is -0.535. The largest absolute Gasteiger partial charge is 0.489 e. The van der Waals surface area contributed by atoms with Crippen LogP contribution in [0, 0.1) is 5.82 Å². The first kappa shape index (κ1) is 25.5. The minimum atomic E-state index is -4.68. The molecule has 186 valence electrons. The zero-order valence-corrected chi connectivity index (χ0v) is 19.9. The van der Waals surface area contributed by atoms with Crippen LogP contribution in [0.15, 0.2) is 71.6 Å². The Kier molecular flexibility index (Phi) is 7.13. The molecule has 0 aromatic heterocycles. The minimum Gasteiger partial charge on any atom is -0.489 e. The minimum absolute atomic E-state index is 0.0498. The topological polar surface area (TPSA) is 52.6 Å². The van der Waals surface area contributed by atoms with Crippen LogP contribution in [0.25, 0.3) is 0 Å². The Balaban J connectivity index is 1.72. The fourth-order valence-corrected chi connectivity index (χ4v) is 6.52. The molecule has 0 spiro atoms. The summed E-state index contributed by atoms with van der Waals surface area (Å²) in [5.74, 6) is -0.270. The molecule has 0 N–H and O–H groups in total. The summed E-state index contributed by atoms with van der Waals surface area (Å²) < 4.78 is 91.2. The third kappa shape index (κ3) is 5.03. The Morgan fingerprint density at radius 1 is 0.971 bits per heavy atom. The normalized spacial score (nSPS) is 16.1. The van der Waals surface area contributed by atoms with E-state index in [4.69, 9.17) is 21.1 Å². The van der Waals surface area contributed by atoms with Crippen LogP contribution in [0.5, 0.6) is 5.75 Å². The molecular formula is C25H21ClF4O4S. The third-order valence-electron chi connectivity index (χ3n) is 6.09. The highest BCUT2D eigenvalue weighted by Gasteiger charge is 2.48. The highest BCUT2D eigenvalue weighted by molar-refractivity contribution is 7.92. The molecule has 4 rings (SSSR count). The second-order valence-electron chi connectivity index (χ2n) is 8.15. The summed E-state index contributed by atoms with van der Waals surface area (Å²) in [7, 11) is -4.27. The van der Waals surface area contributed by atoms with E-state index in [1.807, 2.05) is 0 Å². The maximum Gasteiger partial charge on any atom is 0.416 e. The van der Waals surface area contributed by atoms with Gasteiger partial charge in [-0.05, 0) is 60.9 Å². The standard InChI is InChI=1S/C25H21ClF4O4S/c26-22-8-3-9-23(27)21(22)16-34-19-6-1-4-17(14-19)24(10-12-33-13-11-24)35(31,32)20-7-2-5-18(15-20)25(28,29)30/h1-9,14-15H,10-13,16H2. The van der Waals surface area contributed by atoms with Crippen molar-refractivity contribution in [1.29, 1.82) is 0 Å². The van der Waals surface area contributed by atoms with Crippen LogP contribution >= 0.6 is 11.6 Å². The fourth-order valence-electron chi connectivity index (χ4n) is 4.17. The van der Waals surface area contributed by atoms with E-state index < -0.39 is 37.0 Å². The van der Waals surface area contributed by atoms with E-state index in [0.29, 0.717) is 11.6 Å². The molecule has 3 aromatic carbocycles. The molecule has 1 aliphatic heterocycles. The van der Waals surface area contributed by atoms with Crippen LogP contribution < -0.4 is 4.74 Å². The smallest absolute Gasteiger partial charge is 0.416 e. The summed E-state index contributed by atoms with van der Waals surface area (Å²) in [6.07, 6.45) is -4.58.